The lowest BCUT2D eigenvalue weighted by atomic mass is 9.92. The summed E-state index contributed by atoms with van der Waals surface area (Å²) in [7, 11) is 1.69. The second-order valence-electron chi connectivity index (χ2n) is 8.47. The zero-order chi connectivity index (χ0) is 21.3. The SMILES string of the molecule is CN(C(=O)Oc1ccc(F)c(F)c1)C1CCC(OCCCCN2CCCCC2)CC1. The van der Waals surface area contributed by atoms with Crippen LogP contribution in [0.2, 0.25) is 0 Å². The molecule has 7 heteroatoms. The zero-order valence-electron chi connectivity index (χ0n) is 18.0. The van der Waals surface area contributed by atoms with Crippen molar-refractivity contribution in [1.29, 1.82) is 0 Å². The minimum atomic E-state index is -1.03. The topological polar surface area (TPSA) is 42.0 Å². The van der Waals surface area contributed by atoms with Gasteiger partial charge in [0.05, 0.1) is 6.10 Å². The number of amides is 1. The summed E-state index contributed by atoms with van der Waals surface area (Å²) in [4.78, 5) is 16.4. The van der Waals surface area contributed by atoms with Gasteiger partial charge in [-0.25, -0.2) is 13.6 Å². The number of hydrogen-bond donors (Lipinski definition) is 0. The molecule has 1 heterocycles. The number of benzene rings is 1. The van der Waals surface area contributed by atoms with E-state index >= 15 is 0 Å². The zero-order valence-corrected chi connectivity index (χ0v) is 18.0. The molecule has 0 atom stereocenters. The lowest BCUT2D eigenvalue weighted by molar-refractivity contribution is 0.00980. The highest BCUT2D eigenvalue weighted by Gasteiger charge is 2.28. The minimum Gasteiger partial charge on any atom is -0.410 e. The molecule has 30 heavy (non-hydrogen) atoms. The number of rotatable bonds is 8. The van der Waals surface area contributed by atoms with Gasteiger partial charge in [0, 0.05) is 25.8 Å². The Kier molecular flexibility index (Phi) is 8.88. The van der Waals surface area contributed by atoms with Gasteiger partial charge in [-0.2, -0.15) is 0 Å². The molecule has 168 valence electrons. The first-order valence-electron chi connectivity index (χ1n) is 11.3. The van der Waals surface area contributed by atoms with Gasteiger partial charge in [0.1, 0.15) is 5.75 Å². The van der Waals surface area contributed by atoms with Gasteiger partial charge in [-0.15, -0.1) is 0 Å². The molecule has 1 saturated carbocycles. The molecule has 1 amide bonds. The van der Waals surface area contributed by atoms with Crippen LogP contribution in [-0.4, -0.2) is 61.3 Å². The summed E-state index contributed by atoms with van der Waals surface area (Å²) in [6.07, 6.45) is 9.56. The molecule has 2 fully saturated rings. The van der Waals surface area contributed by atoms with E-state index in [2.05, 4.69) is 4.90 Å². The maximum atomic E-state index is 13.3. The van der Waals surface area contributed by atoms with E-state index in [-0.39, 0.29) is 17.9 Å². The Labute approximate surface area is 178 Å². The van der Waals surface area contributed by atoms with Crippen LogP contribution in [0.3, 0.4) is 0 Å². The third kappa shape index (κ3) is 6.91. The molecule has 2 aliphatic rings. The van der Waals surface area contributed by atoms with E-state index in [9.17, 15) is 13.6 Å². The largest absolute Gasteiger partial charge is 0.415 e. The third-order valence-corrected chi connectivity index (χ3v) is 6.25. The van der Waals surface area contributed by atoms with E-state index < -0.39 is 17.7 Å². The van der Waals surface area contributed by atoms with Crippen molar-refractivity contribution in [2.75, 3.05) is 33.3 Å². The van der Waals surface area contributed by atoms with Crippen LogP contribution in [0.5, 0.6) is 5.75 Å². The van der Waals surface area contributed by atoms with Gasteiger partial charge in [0.25, 0.3) is 0 Å². The molecule has 0 aromatic heterocycles. The Morgan fingerprint density at radius 3 is 2.50 bits per heavy atom. The summed E-state index contributed by atoms with van der Waals surface area (Å²) in [5.41, 5.74) is 0. The number of carbonyl (C=O) groups is 1. The average Bonchev–Trinajstić information content (AvgIpc) is 2.77. The highest BCUT2D eigenvalue weighted by Crippen LogP contribution is 2.26. The number of ether oxygens (including phenoxy) is 2. The molecule has 0 radical (unpaired) electrons. The lowest BCUT2D eigenvalue weighted by Gasteiger charge is -2.34. The van der Waals surface area contributed by atoms with Gasteiger partial charge in [-0.3, -0.25) is 0 Å². The molecule has 0 bridgehead atoms. The van der Waals surface area contributed by atoms with E-state index in [1.165, 1.54) is 51.4 Å². The first-order valence-corrected chi connectivity index (χ1v) is 11.3. The molecule has 5 nitrogen and oxygen atoms in total. The van der Waals surface area contributed by atoms with E-state index in [1.54, 1.807) is 11.9 Å². The quantitative estimate of drug-likeness (QED) is 0.552. The highest BCUT2D eigenvalue weighted by molar-refractivity contribution is 5.70. The predicted octanol–water partition coefficient (Wildman–Crippen LogP) is 4.99. The Hall–Kier alpha value is -1.73. The minimum absolute atomic E-state index is 0.00678. The Morgan fingerprint density at radius 2 is 1.80 bits per heavy atom. The van der Waals surface area contributed by atoms with Gasteiger partial charge in [-0.1, -0.05) is 6.42 Å². The van der Waals surface area contributed by atoms with Crippen LogP contribution in [0.15, 0.2) is 18.2 Å². The molecule has 1 saturated heterocycles. The van der Waals surface area contributed by atoms with E-state index in [0.717, 1.165) is 50.8 Å². The second kappa shape index (κ2) is 11.6. The molecule has 1 aromatic carbocycles. The summed E-state index contributed by atoms with van der Waals surface area (Å²) in [5.74, 6) is -1.99. The molecule has 3 rings (SSSR count). The fourth-order valence-electron chi connectivity index (χ4n) is 4.33. The van der Waals surface area contributed by atoms with Crippen molar-refractivity contribution in [1.82, 2.24) is 9.80 Å². The van der Waals surface area contributed by atoms with Gasteiger partial charge < -0.3 is 19.3 Å². The number of carbonyl (C=O) groups excluding carboxylic acids is 1. The number of hydrogen-bond acceptors (Lipinski definition) is 4. The van der Waals surface area contributed by atoms with Crippen molar-refractivity contribution in [3.8, 4) is 5.75 Å². The Balaban J connectivity index is 1.30. The van der Waals surface area contributed by atoms with Crippen LogP contribution in [-0.2, 0) is 4.74 Å². The highest BCUT2D eigenvalue weighted by atomic mass is 19.2. The fraction of sp³-hybridized carbons (Fsp3) is 0.696. The maximum absolute atomic E-state index is 13.3. The maximum Gasteiger partial charge on any atom is 0.415 e. The van der Waals surface area contributed by atoms with Crippen LogP contribution < -0.4 is 4.74 Å². The van der Waals surface area contributed by atoms with Crippen molar-refractivity contribution >= 4 is 6.09 Å². The molecule has 1 aliphatic carbocycles. The average molecular weight is 425 g/mol. The number of nitrogens with zero attached hydrogens (tertiary/aromatic N) is 2. The van der Waals surface area contributed by atoms with Crippen molar-refractivity contribution in [3.63, 3.8) is 0 Å². The second-order valence-corrected chi connectivity index (χ2v) is 8.47. The van der Waals surface area contributed by atoms with Gasteiger partial charge in [0.15, 0.2) is 11.6 Å². The van der Waals surface area contributed by atoms with Crippen molar-refractivity contribution in [2.24, 2.45) is 0 Å². The smallest absolute Gasteiger partial charge is 0.410 e. The normalized spacial score (nSPS) is 22.6. The van der Waals surface area contributed by atoms with Crippen LogP contribution in [0, 0.1) is 11.6 Å². The predicted molar refractivity (Wildman–Crippen MR) is 112 cm³/mol. The van der Waals surface area contributed by atoms with Crippen molar-refractivity contribution < 1.29 is 23.0 Å². The summed E-state index contributed by atoms with van der Waals surface area (Å²) < 4.78 is 37.5. The molecular formula is C23H34F2N2O3. The van der Waals surface area contributed by atoms with Crippen molar-refractivity contribution in [2.45, 2.75) is 69.9 Å². The van der Waals surface area contributed by atoms with E-state index in [4.69, 9.17) is 9.47 Å². The molecule has 1 aromatic rings. The number of halogens is 2. The molecule has 0 spiro atoms. The number of unbranched alkanes of at least 4 members (excludes halogenated alkanes) is 1. The Bertz CT molecular complexity index is 674. The lowest BCUT2D eigenvalue weighted by Crippen LogP contribution is -2.42. The monoisotopic (exact) mass is 424 g/mol. The fourth-order valence-corrected chi connectivity index (χ4v) is 4.33. The molecule has 1 aliphatic heterocycles. The van der Waals surface area contributed by atoms with Gasteiger partial charge >= 0.3 is 6.09 Å². The summed E-state index contributed by atoms with van der Waals surface area (Å²) >= 11 is 0. The van der Waals surface area contributed by atoms with Crippen LogP contribution in [0.4, 0.5) is 13.6 Å². The van der Waals surface area contributed by atoms with Crippen LogP contribution in [0.25, 0.3) is 0 Å². The number of likely N-dealkylation sites (tertiary alicyclic amines) is 1. The summed E-state index contributed by atoms with van der Waals surface area (Å²) in [5, 5.41) is 0. The Morgan fingerprint density at radius 1 is 1.07 bits per heavy atom. The molecular weight excluding hydrogens is 390 g/mol. The molecule has 0 N–H and O–H groups in total. The summed E-state index contributed by atoms with van der Waals surface area (Å²) in [6.45, 7) is 4.48. The third-order valence-electron chi connectivity index (χ3n) is 6.25. The standard InChI is InChI=1S/C23H34F2N2O3/c1-26(23(28)30-20-11-12-21(24)22(25)17-20)18-7-9-19(10-8-18)29-16-6-5-15-27-13-3-2-4-14-27/h11-12,17-19H,2-10,13-16H2,1H3. The van der Waals surface area contributed by atoms with Crippen molar-refractivity contribution in [3.05, 3.63) is 29.8 Å². The van der Waals surface area contributed by atoms with E-state index in [1.807, 2.05) is 0 Å². The van der Waals surface area contributed by atoms with Gasteiger partial charge in [-0.05, 0) is 83.1 Å². The van der Waals surface area contributed by atoms with E-state index in [0.29, 0.717) is 0 Å². The summed E-state index contributed by atoms with van der Waals surface area (Å²) in [6, 6.07) is 3.16. The van der Waals surface area contributed by atoms with Crippen LogP contribution in [0.1, 0.15) is 57.8 Å². The van der Waals surface area contributed by atoms with Gasteiger partial charge in [0.2, 0.25) is 0 Å². The molecule has 0 unspecified atom stereocenters. The van der Waals surface area contributed by atoms with Crippen LogP contribution >= 0.6 is 0 Å². The first-order chi connectivity index (χ1) is 14.5. The first kappa shape index (κ1) is 22.9. The number of piperidine rings is 1.